The highest BCUT2D eigenvalue weighted by Crippen LogP contribution is 2.73. The zero-order valence-electron chi connectivity index (χ0n) is 25.2. The number of allylic oxidation sites excluding steroid dienone is 3. The first-order valence-electron chi connectivity index (χ1n) is 16.1. The summed E-state index contributed by atoms with van der Waals surface area (Å²) in [4.78, 5) is 25.3. The third-order valence-electron chi connectivity index (χ3n) is 13.6. The minimum Gasteiger partial charge on any atom is -0.353 e. The molecule has 0 N–H and O–H groups in total. The lowest BCUT2D eigenvalue weighted by molar-refractivity contribution is -0.208. The van der Waals surface area contributed by atoms with Gasteiger partial charge in [-0.25, -0.2) is 0 Å². The topological polar surface area (TPSA) is 52.6 Å². The second-order valence-corrected chi connectivity index (χ2v) is 15.7. The number of ether oxygens (including phenoxy) is 2. The fourth-order valence-electron chi connectivity index (χ4n) is 12.0. The van der Waals surface area contributed by atoms with Gasteiger partial charge in [-0.1, -0.05) is 45.9 Å². The van der Waals surface area contributed by atoms with Gasteiger partial charge in [-0.15, -0.1) is 0 Å². The molecule has 216 valence electrons. The molecule has 1 heterocycles. The SMILES string of the molecule is C=C(C)[C@@H]1CC[C@]2(COC3CCCCO3)CCC3[C@H](CC[C@@H]4[C@@]5(C)C=C(C=O)C(=O)C(C)(C)[C@@H]5CC[C@@]34C)[C@@H]12. The van der Waals surface area contributed by atoms with Crippen molar-refractivity contribution in [1.82, 2.24) is 0 Å². The molecule has 39 heavy (non-hydrogen) atoms. The molecule has 0 bridgehead atoms. The normalized spacial score (nSPS) is 48.7. The Morgan fingerprint density at radius 2 is 1.79 bits per heavy atom. The van der Waals surface area contributed by atoms with E-state index in [1.54, 1.807) is 0 Å². The molecular weight excluding hydrogens is 484 g/mol. The van der Waals surface area contributed by atoms with Gasteiger partial charge in [0.05, 0.1) is 12.2 Å². The molecule has 10 atom stereocenters. The summed E-state index contributed by atoms with van der Waals surface area (Å²) in [6, 6.07) is 0. The van der Waals surface area contributed by atoms with Crippen molar-refractivity contribution in [2.75, 3.05) is 13.2 Å². The Balaban J connectivity index is 1.32. The van der Waals surface area contributed by atoms with E-state index in [1.165, 1.54) is 56.9 Å². The maximum Gasteiger partial charge on any atom is 0.171 e. The molecule has 0 spiro atoms. The van der Waals surface area contributed by atoms with Crippen molar-refractivity contribution in [3.05, 3.63) is 23.8 Å². The van der Waals surface area contributed by atoms with Gasteiger partial charge in [0.25, 0.3) is 0 Å². The second kappa shape index (κ2) is 9.65. The number of ketones is 1. The number of fused-ring (bicyclic) bond motifs is 7. The lowest BCUT2D eigenvalue weighted by Crippen LogP contribution is -2.62. The molecule has 2 unspecified atom stereocenters. The average molecular weight is 537 g/mol. The van der Waals surface area contributed by atoms with Gasteiger partial charge in [0.1, 0.15) is 0 Å². The Kier molecular flexibility index (Phi) is 6.90. The van der Waals surface area contributed by atoms with Gasteiger partial charge in [0.2, 0.25) is 0 Å². The summed E-state index contributed by atoms with van der Waals surface area (Å²) in [6.45, 7) is 17.7. The zero-order chi connectivity index (χ0) is 27.8. The summed E-state index contributed by atoms with van der Waals surface area (Å²) in [6.07, 6.45) is 16.1. The number of carbonyl (C=O) groups is 2. The van der Waals surface area contributed by atoms with Crippen molar-refractivity contribution in [1.29, 1.82) is 0 Å². The molecule has 5 aliphatic carbocycles. The Hall–Kier alpha value is -1.26. The Morgan fingerprint density at radius 3 is 2.49 bits per heavy atom. The van der Waals surface area contributed by atoms with Crippen LogP contribution in [0.5, 0.6) is 0 Å². The molecule has 0 amide bonds. The van der Waals surface area contributed by atoms with Gasteiger partial charge >= 0.3 is 0 Å². The first-order valence-corrected chi connectivity index (χ1v) is 16.1. The predicted molar refractivity (Wildman–Crippen MR) is 154 cm³/mol. The maximum atomic E-state index is 13.3. The molecule has 6 aliphatic rings. The number of hydrogen-bond acceptors (Lipinski definition) is 4. The van der Waals surface area contributed by atoms with Crippen LogP contribution in [0.25, 0.3) is 0 Å². The van der Waals surface area contributed by atoms with E-state index in [9.17, 15) is 9.59 Å². The highest BCUT2D eigenvalue weighted by Gasteiger charge is 2.67. The minimum absolute atomic E-state index is 0.0185. The molecule has 0 aromatic carbocycles. The van der Waals surface area contributed by atoms with Crippen LogP contribution >= 0.6 is 0 Å². The first-order chi connectivity index (χ1) is 18.5. The van der Waals surface area contributed by atoms with E-state index in [4.69, 9.17) is 9.47 Å². The van der Waals surface area contributed by atoms with Crippen molar-refractivity contribution in [2.45, 2.75) is 112 Å². The van der Waals surface area contributed by atoms with Crippen LogP contribution in [0.4, 0.5) is 0 Å². The van der Waals surface area contributed by atoms with Gasteiger partial charge in [-0.2, -0.15) is 0 Å². The summed E-state index contributed by atoms with van der Waals surface area (Å²) < 4.78 is 12.6. The van der Waals surface area contributed by atoms with Crippen LogP contribution in [-0.4, -0.2) is 31.6 Å². The molecular formula is C35H52O4. The van der Waals surface area contributed by atoms with Gasteiger partial charge in [0.15, 0.2) is 18.4 Å². The quantitative estimate of drug-likeness (QED) is 0.205. The minimum atomic E-state index is -0.478. The molecule has 0 aromatic heterocycles. The fourth-order valence-corrected chi connectivity index (χ4v) is 12.0. The largest absolute Gasteiger partial charge is 0.353 e. The molecule has 4 heteroatoms. The summed E-state index contributed by atoms with van der Waals surface area (Å²) in [5, 5.41) is 0. The second-order valence-electron chi connectivity index (χ2n) is 15.7. The van der Waals surface area contributed by atoms with Crippen LogP contribution < -0.4 is 0 Å². The lowest BCUT2D eigenvalue weighted by atomic mass is 9.37. The van der Waals surface area contributed by atoms with Crippen LogP contribution in [0.15, 0.2) is 23.8 Å². The van der Waals surface area contributed by atoms with E-state index >= 15 is 0 Å². The average Bonchev–Trinajstić information content (AvgIpc) is 3.31. The smallest absolute Gasteiger partial charge is 0.171 e. The molecule has 0 radical (unpaired) electrons. The van der Waals surface area contributed by atoms with E-state index in [0.29, 0.717) is 41.1 Å². The summed E-state index contributed by atoms with van der Waals surface area (Å²) >= 11 is 0. The number of Topliss-reactive ketones (excluding diaryl/α,β-unsaturated/α-hetero) is 1. The monoisotopic (exact) mass is 536 g/mol. The number of carbonyl (C=O) groups excluding carboxylic acids is 2. The molecule has 1 aliphatic heterocycles. The Bertz CT molecular complexity index is 1050. The predicted octanol–water partition coefficient (Wildman–Crippen LogP) is 7.71. The summed E-state index contributed by atoms with van der Waals surface area (Å²) in [5.41, 5.74) is 1.69. The van der Waals surface area contributed by atoms with Crippen molar-refractivity contribution in [3.8, 4) is 0 Å². The highest BCUT2D eigenvalue weighted by molar-refractivity contribution is 6.15. The van der Waals surface area contributed by atoms with E-state index in [-0.39, 0.29) is 28.3 Å². The number of aldehydes is 1. The molecule has 4 saturated carbocycles. The van der Waals surface area contributed by atoms with Crippen LogP contribution in [-0.2, 0) is 19.1 Å². The van der Waals surface area contributed by atoms with Crippen LogP contribution in [0.3, 0.4) is 0 Å². The van der Waals surface area contributed by atoms with Gasteiger partial charge < -0.3 is 9.47 Å². The maximum absolute atomic E-state index is 13.3. The zero-order valence-corrected chi connectivity index (χ0v) is 25.2. The van der Waals surface area contributed by atoms with Crippen molar-refractivity contribution >= 4 is 12.1 Å². The standard InChI is InChI=1S/C35H52O4/c1-22(2)24-12-16-35(21-39-29-9-7-8-18-38-29)17-13-26-25(30(24)35)10-11-28-33(26,5)15-14-27-32(3,4)31(37)23(20-36)19-34(27,28)6/h19-20,24-30H,1,7-18,21H2,2-6H3/t24-,25-,26?,27-,28-,29?,30+,33-,34-,35+/m0/s1. The van der Waals surface area contributed by atoms with Crippen molar-refractivity contribution < 1.29 is 19.1 Å². The first kappa shape index (κ1) is 27.9. The molecule has 4 nitrogen and oxygen atoms in total. The third-order valence-corrected chi connectivity index (χ3v) is 13.6. The van der Waals surface area contributed by atoms with Crippen molar-refractivity contribution in [2.24, 2.45) is 57.2 Å². The Morgan fingerprint density at radius 1 is 1.03 bits per heavy atom. The van der Waals surface area contributed by atoms with Crippen LogP contribution in [0, 0.1) is 57.2 Å². The van der Waals surface area contributed by atoms with Crippen molar-refractivity contribution in [3.63, 3.8) is 0 Å². The van der Waals surface area contributed by atoms with Crippen LogP contribution in [0.1, 0.15) is 105 Å². The highest BCUT2D eigenvalue weighted by atomic mass is 16.7. The number of rotatable bonds is 5. The number of hydrogen-bond donors (Lipinski definition) is 0. The summed E-state index contributed by atoms with van der Waals surface area (Å²) in [7, 11) is 0. The van der Waals surface area contributed by atoms with Gasteiger partial charge in [-0.3, -0.25) is 9.59 Å². The van der Waals surface area contributed by atoms with E-state index in [1.807, 2.05) is 0 Å². The third kappa shape index (κ3) is 4.04. The Labute approximate surface area is 236 Å². The molecule has 1 saturated heterocycles. The lowest BCUT2D eigenvalue weighted by Gasteiger charge is -2.67. The van der Waals surface area contributed by atoms with E-state index < -0.39 is 5.41 Å². The van der Waals surface area contributed by atoms with Crippen LogP contribution in [0.2, 0.25) is 0 Å². The van der Waals surface area contributed by atoms with E-state index in [0.717, 1.165) is 38.8 Å². The van der Waals surface area contributed by atoms with Gasteiger partial charge in [0, 0.05) is 12.0 Å². The molecule has 0 aromatic rings. The summed E-state index contributed by atoms with van der Waals surface area (Å²) in [5.74, 6) is 3.49. The molecule has 6 rings (SSSR count). The van der Waals surface area contributed by atoms with Gasteiger partial charge in [-0.05, 0) is 129 Å². The molecule has 5 fully saturated rings. The van der Waals surface area contributed by atoms with E-state index in [2.05, 4.69) is 47.3 Å². The fraction of sp³-hybridized carbons (Fsp3) is 0.829.